The summed E-state index contributed by atoms with van der Waals surface area (Å²) in [5, 5.41) is 4.24. The van der Waals surface area contributed by atoms with Crippen LogP contribution in [0, 0.1) is 16.4 Å². The molecule has 2 aromatic heterocycles. The first kappa shape index (κ1) is 19.8. The molecule has 1 atom stereocenters. The summed E-state index contributed by atoms with van der Waals surface area (Å²) in [5.41, 5.74) is 0.637. The van der Waals surface area contributed by atoms with E-state index in [9.17, 15) is 13.4 Å². The molecular weight excluding hydrogens is 398 g/mol. The van der Waals surface area contributed by atoms with Gasteiger partial charge >= 0.3 is 0 Å². The van der Waals surface area contributed by atoms with Gasteiger partial charge in [-0.3, -0.25) is 4.79 Å². The highest BCUT2D eigenvalue weighted by Crippen LogP contribution is 2.41. The third kappa shape index (κ3) is 3.48. The first-order valence-corrected chi connectivity index (χ1v) is 11.4. The maximum Gasteiger partial charge on any atom is 0.277 e. The summed E-state index contributed by atoms with van der Waals surface area (Å²) in [4.78, 5) is 12.9. The average molecular weight is 420 g/mol. The van der Waals surface area contributed by atoms with Gasteiger partial charge in [0.1, 0.15) is 11.5 Å². The molecule has 0 amide bonds. The molecule has 0 bridgehead atoms. The van der Waals surface area contributed by atoms with E-state index < -0.39 is 21.4 Å². The molecule has 1 aliphatic rings. The van der Waals surface area contributed by atoms with E-state index in [0.29, 0.717) is 5.56 Å². The zero-order valence-electron chi connectivity index (χ0n) is 16.4. The predicted octanol–water partition coefficient (Wildman–Crippen LogP) is 3.86. The van der Waals surface area contributed by atoms with Crippen LogP contribution in [0.1, 0.15) is 55.3 Å². The van der Waals surface area contributed by atoms with Crippen molar-refractivity contribution in [3.05, 3.63) is 63.2 Å². The van der Waals surface area contributed by atoms with E-state index in [0.717, 1.165) is 23.4 Å². The van der Waals surface area contributed by atoms with Crippen LogP contribution in [0.2, 0.25) is 0 Å². The van der Waals surface area contributed by atoms with Crippen molar-refractivity contribution in [3.63, 3.8) is 0 Å². The van der Waals surface area contributed by atoms with Crippen molar-refractivity contribution < 1.29 is 13.0 Å². The number of fused-ring (bicyclic) bond motifs is 1. The van der Waals surface area contributed by atoms with Gasteiger partial charge in [-0.15, -0.1) is 0 Å². The Bertz CT molecular complexity index is 1290. The maximum absolute atomic E-state index is 15.1. The van der Waals surface area contributed by atoms with Gasteiger partial charge in [-0.1, -0.05) is 19.9 Å². The second-order valence-corrected chi connectivity index (χ2v) is 10.1. The molecule has 0 spiro atoms. The molecule has 0 aliphatic heterocycles. The Morgan fingerprint density at radius 2 is 2.00 bits per heavy atom. The Balaban J connectivity index is 1.89. The lowest BCUT2D eigenvalue weighted by molar-refractivity contribution is 0.584. The van der Waals surface area contributed by atoms with Crippen LogP contribution in [-0.2, 0) is 16.3 Å². The van der Waals surface area contributed by atoms with Crippen molar-refractivity contribution in [2.75, 3.05) is 6.26 Å². The highest BCUT2D eigenvalue weighted by atomic mass is 32.2. The zero-order valence-corrected chi connectivity index (χ0v) is 17.2. The lowest BCUT2D eigenvalue weighted by atomic mass is 10.1. The van der Waals surface area contributed by atoms with Crippen LogP contribution in [0.3, 0.4) is 0 Å². The van der Waals surface area contributed by atoms with E-state index >= 15 is 4.39 Å². The number of nitrogens with zero attached hydrogens (tertiary/aromatic N) is 3. The molecule has 29 heavy (non-hydrogen) atoms. The fraction of sp³-hybridized carbons (Fsp3) is 0.400. The molecule has 3 aromatic rings. The highest BCUT2D eigenvalue weighted by Gasteiger charge is 2.32. The maximum atomic E-state index is 15.1. The Morgan fingerprint density at radius 1 is 1.31 bits per heavy atom. The molecule has 6 nitrogen and oxygen atoms in total. The molecule has 0 radical (unpaired) electrons. The van der Waals surface area contributed by atoms with Gasteiger partial charge in [-0.25, -0.2) is 17.8 Å². The fourth-order valence-electron chi connectivity index (χ4n) is 3.42. The van der Waals surface area contributed by atoms with Crippen molar-refractivity contribution in [2.24, 2.45) is 0 Å². The zero-order chi connectivity index (χ0) is 21.1. The van der Waals surface area contributed by atoms with E-state index in [2.05, 4.69) is 5.10 Å². The molecule has 1 aliphatic carbocycles. The van der Waals surface area contributed by atoms with Crippen LogP contribution in [0.15, 0.2) is 34.1 Å². The van der Waals surface area contributed by atoms with Gasteiger partial charge in [0, 0.05) is 34.4 Å². The summed E-state index contributed by atoms with van der Waals surface area (Å²) in [7, 11) is -3.04. The third-order valence-electron chi connectivity index (χ3n) is 5.24. The molecule has 1 N–H and O–H groups in total. The van der Waals surface area contributed by atoms with Crippen LogP contribution < -0.4 is 5.56 Å². The van der Waals surface area contributed by atoms with E-state index in [1.807, 2.05) is 13.8 Å². The van der Waals surface area contributed by atoms with Crippen molar-refractivity contribution in [1.29, 1.82) is 4.78 Å². The molecule has 0 saturated heterocycles. The minimum Gasteiger partial charge on any atom is -0.325 e. The Hall–Kier alpha value is -2.55. The van der Waals surface area contributed by atoms with E-state index in [-0.39, 0.29) is 45.7 Å². The van der Waals surface area contributed by atoms with Crippen LogP contribution in [0.5, 0.6) is 0 Å². The molecular formula is C20H22F2N4O2S. The number of aromatic nitrogens is 3. The normalized spacial score (nSPS) is 16.5. The summed E-state index contributed by atoms with van der Waals surface area (Å²) in [6.07, 6.45) is 4.46. The SMILES string of the molecule is CC(C)c1cn(Cc2ccc([S@@](C)(=N)=O)cc2F)c2c(F)c(C3CC3)nn2c1=O. The number of benzene rings is 1. The van der Waals surface area contributed by atoms with Gasteiger partial charge < -0.3 is 4.57 Å². The fourth-order valence-corrected chi connectivity index (χ4v) is 4.07. The minimum atomic E-state index is -3.04. The number of halogens is 2. The molecule has 1 saturated carbocycles. The van der Waals surface area contributed by atoms with Crippen LogP contribution in [-0.4, -0.2) is 24.6 Å². The van der Waals surface area contributed by atoms with E-state index in [1.54, 1.807) is 6.20 Å². The van der Waals surface area contributed by atoms with Crippen LogP contribution in [0.25, 0.3) is 5.65 Å². The second-order valence-electron chi connectivity index (χ2n) is 7.98. The summed E-state index contributed by atoms with van der Waals surface area (Å²) in [6, 6.07) is 3.97. The number of rotatable bonds is 5. The monoisotopic (exact) mass is 420 g/mol. The summed E-state index contributed by atoms with van der Waals surface area (Å²) in [6.45, 7) is 3.69. The van der Waals surface area contributed by atoms with Crippen LogP contribution >= 0.6 is 0 Å². The molecule has 0 unspecified atom stereocenters. The standard InChI is InChI=1S/C20H22F2N4O2S/c1-11(2)15-10-25(9-13-6-7-14(8-16(13)21)29(3,23)28)19-17(22)18(12-4-5-12)24-26(19)20(15)27/h6-8,10-12,23H,4-5,9H2,1-3H3/t29-/m0/s1. The summed E-state index contributed by atoms with van der Waals surface area (Å²) >= 11 is 0. The summed E-state index contributed by atoms with van der Waals surface area (Å²) < 4.78 is 51.8. The molecule has 1 aromatic carbocycles. The Labute approximate surface area is 167 Å². The van der Waals surface area contributed by atoms with Crippen molar-refractivity contribution in [3.8, 4) is 0 Å². The highest BCUT2D eigenvalue weighted by molar-refractivity contribution is 7.91. The van der Waals surface area contributed by atoms with Crippen LogP contribution in [0.4, 0.5) is 8.78 Å². The molecule has 4 rings (SSSR count). The molecule has 9 heteroatoms. The quantitative estimate of drug-likeness (QED) is 0.681. The number of hydrogen-bond acceptors (Lipinski definition) is 4. The van der Waals surface area contributed by atoms with E-state index in [1.165, 1.54) is 23.0 Å². The van der Waals surface area contributed by atoms with E-state index in [4.69, 9.17) is 4.78 Å². The van der Waals surface area contributed by atoms with Gasteiger partial charge in [-0.05, 0) is 30.9 Å². The average Bonchev–Trinajstić information content (AvgIpc) is 3.41. The Kier molecular flexibility index (Phi) is 4.60. The predicted molar refractivity (Wildman–Crippen MR) is 106 cm³/mol. The number of hydrogen-bond donors (Lipinski definition) is 1. The third-order valence-corrected chi connectivity index (χ3v) is 6.39. The van der Waals surface area contributed by atoms with Gasteiger partial charge in [0.15, 0.2) is 11.5 Å². The minimum absolute atomic E-state index is 0.0181. The molecule has 1 fully saturated rings. The number of nitrogens with one attached hydrogen (secondary N) is 1. The first-order chi connectivity index (χ1) is 13.6. The lowest BCUT2D eigenvalue weighted by Crippen LogP contribution is -2.24. The van der Waals surface area contributed by atoms with Crippen molar-refractivity contribution in [1.82, 2.24) is 14.2 Å². The van der Waals surface area contributed by atoms with Gasteiger partial charge in [0.05, 0.1) is 16.3 Å². The lowest BCUT2D eigenvalue weighted by Gasteiger charge is -2.14. The van der Waals surface area contributed by atoms with Gasteiger partial charge in [-0.2, -0.15) is 9.61 Å². The molecule has 2 heterocycles. The van der Waals surface area contributed by atoms with Crippen molar-refractivity contribution >= 4 is 15.4 Å². The second kappa shape index (κ2) is 6.76. The van der Waals surface area contributed by atoms with Crippen molar-refractivity contribution in [2.45, 2.75) is 50.0 Å². The smallest absolute Gasteiger partial charge is 0.277 e. The van der Waals surface area contributed by atoms with Gasteiger partial charge in [0.25, 0.3) is 5.56 Å². The first-order valence-electron chi connectivity index (χ1n) is 9.41. The largest absolute Gasteiger partial charge is 0.325 e. The summed E-state index contributed by atoms with van der Waals surface area (Å²) in [5.74, 6) is -1.26. The topological polar surface area (TPSA) is 80.2 Å². The molecule has 154 valence electrons. The Morgan fingerprint density at radius 3 is 2.55 bits per heavy atom. The van der Waals surface area contributed by atoms with Gasteiger partial charge in [0.2, 0.25) is 0 Å².